The first kappa shape index (κ1) is 39.1. The molecule has 0 bridgehead atoms. The normalized spacial score (nSPS) is 16.7. The number of carbonyl (C=O) groups excluding carboxylic acids is 2. The average molecular weight is 748 g/mol. The van der Waals surface area contributed by atoms with Gasteiger partial charge in [-0.2, -0.15) is 0 Å². The maximum absolute atomic E-state index is 14.3. The van der Waals surface area contributed by atoms with E-state index in [-0.39, 0.29) is 40.9 Å². The SMILES string of the molecule is CCN(C(=O)c1cc(F)ccc1Oc1cncnc1N1CC2(CC(Oc3ccnc4c3CN(CCOCCN(C)C(=O)OC(C)(C)C)CC4)C2)C1)C(C)C. The Morgan fingerprint density at radius 3 is 2.57 bits per heavy atom. The van der Waals surface area contributed by atoms with Crippen molar-refractivity contribution in [3.8, 4) is 17.2 Å². The van der Waals surface area contributed by atoms with Crippen LogP contribution < -0.4 is 14.4 Å². The van der Waals surface area contributed by atoms with Gasteiger partial charge in [0.25, 0.3) is 5.91 Å². The lowest BCUT2D eigenvalue weighted by molar-refractivity contribution is -0.0353. The van der Waals surface area contributed by atoms with Crippen LogP contribution in [0.1, 0.15) is 76.0 Å². The number of hydrogen-bond acceptors (Lipinski definition) is 11. The highest BCUT2D eigenvalue weighted by atomic mass is 19.1. The van der Waals surface area contributed by atoms with Gasteiger partial charge in [0, 0.05) is 88.2 Å². The number of benzene rings is 1. The van der Waals surface area contributed by atoms with Gasteiger partial charge in [-0.3, -0.25) is 14.7 Å². The second kappa shape index (κ2) is 16.4. The summed E-state index contributed by atoms with van der Waals surface area (Å²) in [5, 5.41) is 0. The third kappa shape index (κ3) is 9.20. The lowest BCUT2D eigenvalue weighted by Gasteiger charge is -2.59. The van der Waals surface area contributed by atoms with Crippen LogP contribution in [0.3, 0.4) is 0 Å². The molecule has 1 spiro atoms. The minimum Gasteiger partial charge on any atom is -0.490 e. The molecule has 4 heterocycles. The second-order valence-electron chi connectivity index (χ2n) is 15.9. The third-order valence-corrected chi connectivity index (χ3v) is 10.2. The first-order chi connectivity index (χ1) is 25.7. The molecule has 3 aromatic rings. The molecule has 14 heteroatoms. The average Bonchev–Trinajstić information content (AvgIpc) is 3.09. The van der Waals surface area contributed by atoms with E-state index < -0.39 is 11.4 Å². The Kier molecular flexibility index (Phi) is 11.9. The topological polar surface area (TPSA) is 123 Å². The molecule has 0 radical (unpaired) electrons. The molecule has 292 valence electrons. The highest BCUT2D eigenvalue weighted by Crippen LogP contribution is 2.52. The lowest BCUT2D eigenvalue weighted by Crippen LogP contribution is -2.65. The smallest absolute Gasteiger partial charge is 0.410 e. The van der Waals surface area contributed by atoms with E-state index in [0.717, 1.165) is 69.0 Å². The van der Waals surface area contributed by atoms with Crippen LogP contribution in [0.2, 0.25) is 0 Å². The van der Waals surface area contributed by atoms with E-state index in [0.29, 0.717) is 37.9 Å². The molecular weight excluding hydrogens is 693 g/mol. The minimum absolute atomic E-state index is 0.0518. The predicted molar refractivity (Wildman–Crippen MR) is 202 cm³/mol. The standard InChI is InChI=1S/C40H54FN7O6/c1-8-48(27(2)3)37(49)30-19-28(41)9-10-33(30)53-35-22-42-26-44-36(35)47-24-40(25-47)20-29(21-40)52-34-11-13-43-32-12-14-46(23-31(32)34)16-18-51-17-15-45(7)38(50)54-39(4,5)6/h9-11,13,19,22,26-27,29H,8,12,14-18,20-21,23-25H2,1-7H3. The van der Waals surface area contributed by atoms with Crippen LogP contribution in [-0.2, 0) is 22.4 Å². The molecule has 1 saturated carbocycles. The van der Waals surface area contributed by atoms with Crippen molar-refractivity contribution in [3.63, 3.8) is 0 Å². The van der Waals surface area contributed by atoms with Crippen molar-refractivity contribution in [1.82, 2.24) is 29.7 Å². The molecule has 1 aliphatic carbocycles. The van der Waals surface area contributed by atoms with Gasteiger partial charge in [-0.15, -0.1) is 0 Å². The van der Waals surface area contributed by atoms with Crippen molar-refractivity contribution in [2.45, 2.75) is 85.1 Å². The van der Waals surface area contributed by atoms with Gasteiger partial charge in [0.05, 0.1) is 25.0 Å². The zero-order valence-electron chi connectivity index (χ0n) is 32.6. The van der Waals surface area contributed by atoms with Gasteiger partial charge in [0.2, 0.25) is 0 Å². The number of carbonyl (C=O) groups is 2. The van der Waals surface area contributed by atoms with Crippen molar-refractivity contribution in [3.05, 3.63) is 65.6 Å². The van der Waals surface area contributed by atoms with Crippen LogP contribution in [0, 0.1) is 11.2 Å². The molecule has 54 heavy (non-hydrogen) atoms. The third-order valence-electron chi connectivity index (χ3n) is 10.2. The number of nitrogens with zero attached hydrogens (tertiary/aromatic N) is 7. The van der Waals surface area contributed by atoms with E-state index in [1.165, 1.54) is 29.4 Å². The Morgan fingerprint density at radius 2 is 1.85 bits per heavy atom. The number of hydrogen-bond donors (Lipinski definition) is 0. The van der Waals surface area contributed by atoms with Crippen LogP contribution >= 0.6 is 0 Å². The van der Waals surface area contributed by atoms with E-state index >= 15 is 0 Å². The summed E-state index contributed by atoms with van der Waals surface area (Å²) in [7, 11) is 1.72. The molecule has 0 N–H and O–H groups in total. The van der Waals surface area contributed by atoms with Crippen molar-refractivity contribution in [1.29, 1.82) is 0 Å². The first-order valence-corrected chi connectivity index (χ1v) is 18.9. The maximum atomic E-state index is 14.3. The molecule has 2 aromatic heterocycles. The van der Waals surface area contributed by atoms with Crippen LogP contribution in [0.25, 0.3) is 0 Å². The molecule has 0 atom stereocenters. The Balaban J connectivity index is 0.993. The number of pyridine rings is 1. The zero-order valence-corrected chi connectivity index (χ0v) is 32.6. The highest BCUT2D eigenvalue weighted by molar-refractivity contribution is 5.97. The Labute approximate surface area is 317 Å². The van der Waals surface area contributed by atoms with Crippen LogP contribution in [0.4, 0.5) is 15.0 Å². The van der Waals surface area contributed by atoms with E-state index in [2.05, 4.69) is 24.8 Å². The molecule has 2 aliphatic heterocycles. The van der Waals surface area contributed by atoms with Crippen molar-refractivity contribution < 1.29 is 32.9 Å². The Hall–Kier alpha value is -4.56. The number of ether oxygens (including phenoxy) is 4. The summed E-state index contributed by atoms with van der Waals surface area (Å²) in [5.41, 5.74) is 1.98. The lowest BCUT2D eigenvalue weighted by atomic mass is 9.61. The molecule has 0 unspecified atom stereocenters. The summed E-state index contributed by atoms with van der Waals surface area (Å²) in [6, 6.07) is 5.93. The van der Waals surface area contributed by atoms with E-state index in [1.54, 1.807) is 18.1 Å². The van der Waals surface area contributed by atoms with Crippen molar-refractivity contribution in [2.75, 3.05) is 64.4 Å². The summed E-state index contributed by atoms with van der Waals surface area (Å²) in [6.45, 7) is 17.3. The van der Waals surface area contributed by atoms with Gasteiger partial charge in [-0.25, -0.2) is 19.2 Å². The van der Waals surface area contributed by atoms with E-state index in [1.807, 2.05) is 53.8 Å². The zero-order chi connectivity index (χ0) is 38.6. The molecule has 3 aliphatic rings. The number of rotatable bonds is 14. The molecule has 1 saturated heterocycles. The monoisotopic (exact) mass is 747 g/mol. The van der Waals surface area contributed by atoms with Gasteiger partial charge >= 0.3 is 6.09 Å². The largest absolute Gasteiger partial charge is 0.490 e. The van der Waals surface area contributed by atoms with Gasteiger partial charge in [0.1, 0.15) is 35.3 Å². The number of anilines is 1. The van der Waals surface area contributed by atoms with Gasteiger partial charge in [0.15, 0.2) is 11.6 Å². The van der Waals surface area contributed by atoms with E-state index in [4.69, 9.17) is 18.9 Å². The van der Waals surface area contributed by atoms with Gasteiger partial charge < -0.3 is 33.6 Å². The molecule has 1 aromatic carbocycles. The number of aromatic nitrogens is 3. The quantitative estimate of drug-likeness (QED) is 0.182. The Bertz CT molecular complexity index is 1790. The number of likely N-dealkylation sites (N-methyl/N-ethyl adjacent to an activating group) is 1. The maximum Gasteiger partial charge on any atom is 0.410 e. The van der Waals surface area contributed by atoms with Gasteiger partial charge in [-0.05, 0) is 78.6 Å². The summed E-state index contributed by atoms with van der Waals surface area (Å²) < 4.78 is 38.5. The predicted octanol–water partition coefficient (Wildman–Crippen LogP) is 5.96. The van der Waals surface area contributed by atoms with Crippen molar-refractivity contribution >= 4 is 17.8 Å². The fourth-order valence-electron chi connectivity index (χ4n) is 7.43. The summed E-state index contributed by atoms with van der Waals surface area (Å²) in [5.74, 6) is 1.42. The first-order valence-electron chi connectivity index (χ1n) is 18.9. The van der Waals surface area contributed by atoms with Crippen LogP contribution in [0.15, 0.2) is 43.0 Å². The molecule has 6 rings (SSSR count). The molecular formula is C40H54FN7O6. The van der Waals surface area contributed by atoms with Gasteiger partial charge in [-0.1, -0.05) is 0 Å². The van der Waals surface area contributed by atoms with Crippen LogP contribution in [-0.4, -0.2) is 119 Å². The molecule has 13 nitrogen and oxygen atoms in total. The second-order valence-corrected chi connectivity index (χ2v) is 15.9. The molecule has 2 fully saturated rings. The highest BCUT2D eigenvalue weighted by Gasteiger charge is 2.54. The summed E-state index contributed by atoms with van der Waals surface area (Å²) in [4.78, 5) is 46.7. The number of halogens is 1. The fourth-order valence-corrected chi connectivity index (χ4v) is 7.43. The summed E-state index contributed by atoms with van der Waals surface area (Å²) in [6.07, 6.45) is 7.37. The fraction of sp³-hybridized carbons (Fsp3) is 0.575. The number of fused-ring (bicyclic) bond motifs is 1. The van der Waals surface area contributed by atoms with E-state index in [9.17, 15) is 14.0 Å². The number of amides is 2. The summed E-state index contributed by atoms with van der Waals surface area (Å²) >= 11 is 0. The van der Waals surface area contributed by atoms with Crippen LogP contribution in [0.5, 0.6) is 17.2 Å². The van der Waals surface area contributed by atoms with Crippen molar-refractivity contribution in [2.24, 2.45) is 5.41 Å². The minimum atomic E-state index is -0.528. The molecule has 2 amide bonds. The Morgan fingerprint density at radius 1 is 1.07 bits per heavy atom.